The highest BCUT2D eigenvalue weighted by atomic mass is 16.5. The summed E-state index contributed by atoms with van der Waals surface area (Å²) in [6, 6.07) is 8.26. The van der Waals surface area contributed by atoms with E-state index < -0.39 is 0 Å². The van der Waals surface area contributed by atoms with Crippen molar-refractivity contribution >= 4 is 5.91 Å². The van der Waals surface area contributed by atoms with Crippen LogP contribution in [0, 0.1) is 0 Å². The van der Waals surface area contributed by atoms with E-state index in [0.29, 0.717) is 13.2 Å². The van der Waals surface area contributed by atoms with Gasteiger partial charge in [-0.3, -0.25) is 4.79 Å². The van der Waals surface area contributed by atoms with Crippen LogP contribution in [0.4, 0.5) is 0 Å². The molecule has 0 aliphatic rings. The highest BCUT2D eigenvalue weighted by Gasteiger charge is 2.14. The molecule has 0 fully saturated rings. The van der Waals surface area contributed by atoms with Crippen LogP contribution in [0.1, 0.15) is 30.9 Å². The summed E-state index contributed by atoms with van der Waals surface area (Å²) < 4.78 is 4.93. The van der Waals surface area contributed by atoms with Gasteiger partial charge >= 0.3 is 0 Å². The van der Waals surface area contributed by atoms with Crippen molar-refractivity contribution in [2.45, 2.75) is 26.2 Å². The van der Waals surface area contributed by atoms with Gasteiger partial charge in [-0.2, -0.15) is 0 Å². The van der Waals surface area contributed by atoms with Gasteiger partial charge in [0, 0.05) is 26.7 Å². The second-order valence-electron chi connectivity index (χ2n) is 4.85. The molecule has 0 aromatic heterocycles. The maximum Gasteiger partial charge on any atom is 0.227 e. The standard InChI is InChI=1S/C16H26N2O2/c1-4-14-5-7-15(8-6-14)13(2)16(19)18-10-9-17-11-12-20-3/h5-8,13,17H,4,9-12H2,1-3H3,(H,18,19). The van der Waals surface area contributed by atoms with Gasteiger partial charge in [-0.1, -0.05) is 31.2 Å². The molecule has 1 atom stereocenters. The number of hydrogen-bond donors (Lipinski definition) is 2. The molecule has 0 aliphatic heterocycles. The first-order valence-electron chi connectivity index (χ1n) is 7.25. The van der Waals surface area contributed by atoms with Crippen LogP contribution in [-0.2, 0) is 16.0 Å². The van der Waals surface area contributed by atoms with Gasteiger partial charge in [0.05, 0.1) is 12.5 Å². The summed E-state index contributed by atoms with van der Waals surface area (Å²) >= 11 is 0. The summed E-state index contributed by atoms with van der Waals surface area (Å²) in [5.41, 5.74) is 2.36. The van der Waals surface area contributed by atoms with E-state index in [1.165, 1.54) is 5.56 Å². The molecule has 1 rings (SSSR count). The van der Waals surface area contributed by atoms with Crippen LogP contribution in [-0.4, -0.2) is 39.3 Å². The molecule has 1 aromatic rings. The molecule has 0 saturated heterocycles. The van der Waals surface area contributed by atoms with Crippen molar-refractivity contribution in [1.29, 1.82) is 0 Å². The van der Waals surface area contributed by atoms with Crippen molar-refractivity contribution in [2.24, 2.45) is 0 Å². The zero-order valence-electron chi connectivity index (χ0n) is 12.7. The molecule has 1 aromatic carbocycles. The van der Waals surface area contributed by atoms with Crippen LogP contribution in [0.3, 0.4) is 0 Å². The normalized spacial score (nSPS) is 12.2. The third-order valence-electron chi connectivity index (χ3n) is 3.37. The minimum atomic E-state index is -0.111. The topological polar surface area (TPSA) is 50.4 Å². The van der Waals surface area contributed by atoms with E-state index in [0.717, 1.165) is 25.1 Å². The molecule has 4 heteroatoms. The van der Waals surface area contributed by atoms with E-state index in [4.69, 9.17) is 4.74 Å². The zero-order valence-corrected chi connectivity index (χ0v) is 12.7. The Morgan fingerprint density at radius 3 is 2.50 bits per heavy atom. The van der Waals surface area contributed by atoms with Crippen molar-refractivity contribution in [3.63, 3.8) is 0 Å². The Balaban J connectivity index is 2.31. The van der Waals surface area contributed by atoms with Gasteiger partial charge in [0.15, 0.2) is 0 Å². The van der Waals surface area contributed by atoms with Crippen LogP contribution in [0.2, 0.25) is 0 Å². The first-order chi connectivity index (χ1) is 9.69. The molecule has 0 saturated carbocycles. The summed E-state index contributed by atoms with van der Waals surface area (Å²) in [6.45, 7) is 6.96. The summed E-state index contributed by atoms with van der Waals surface area (Å²) in [6.07, 6.45) is 1.02. The van der Waals surface area contributed by atoms with Gasteiger partial charge in [-0.25, -0.2) is 0 Å². The second-order valence-corrected chi connectivity index (χ2v) is 4.85. The Morgan fingerprint density at radius 1 is 1.20 bits per heavy atom. The SMILES string of the molecule is CCc1ccc(C(C)C(=O)NCCNCCOC)cc1. The van der Waals surface area contributed by atoms with Crippen LogP contribution < -0.4 is 10.6 Å². The summed E-state index contributed by atoms with van der Waals surface area (Å²) in [4.78, 5) is 12.0. The summed E-state index contributed by atoms with van der Waals surface area (Å²) in [7, 11) is 1.68. The van der Waals surface area contributed by atoms with Gasteiger partial charge in [0.25, 0.3) is 0 Å². The molecule has 1 unspecified atom stereocenters. The van der Waals surface area contributed by atoms with Gasteiger partial charge < -0.3 is 15.4 Å². The molecule has 0 radical (unpaired) electrons. The first kappa shape index (κ1) is 16.7. The van der Waals surface area contributed by atoms with Crippen LogP contribution in [0.5, 0.6) is 0 Å². The van der Waals surface area contributed by atoms with E-state index >= 15 is 0 Å². The molecule has 1 amide bonds. The summed E-state index contributed by atoms with van der Waals surface area (Å²) in [5, 5.41) is 6.14. The Labute approximate surface area is 121 Å². The molecule has 0 bridgehead atoms. The number of hydrogen-bond acceptors (Lipinski definition) is 3. The lowest BCUT2D eigenvalue weighted by molar-refractivity contribution is -0.122. The molecular weight excluding hydrogens is 252 g/mol. The molecule has 4 nitrogen and oxygen atoms in total. The van der Waals surface area contributed by atoms with E-state index in [-0.39, 0.29) is 11.8 Å². The van der Waals surface area contributed by atoms with Crippen LogP contribution >= 0.6 is 0 Å². The number of nitrogens with one attached hydrogen (secondary N) is 2. The highest BCUT2D eigenvalue weighted by Crippen LogP contribution is 2.16. The highest BCUT2D eigenvalue weighted by molar-refractivity contribution is 5.83. The molecular formula is C16H26N2O2. The molecule has 0 heterocycles. The predicted octanol–water partition coefficient (Wildman–Crippen LogP) is 1.70. The minimum Gasteiger partial charge on any atom is -0.383 e. The minimum absolute atomic E-state index is 0.0720. The largest absolute Gasteiger partial charge is 0.383 e. The fourth-order valence-corrected chi connectivity index (χ4v) is 1.92. The fourth-order valence-electron chi connectivity index (χ4n) is 1.92. The molecule has 0 spiro atoms. The molecule has 0 aliphatic carbocycles. The molecule has 112 valence electrons. The van der Waals surface area contributed by atoms with Crippen molar-refractivity contribution in [2.75, 3.05) is 33.4 Å². The maximum absolute atomic E-state index is 12.0. The molecule has 2 N–H and O–H groups in total. The quantitative estimate of drug-likeness (QED) is 0.676. The monoisotopic (exact) mass is 278 g/mol. The lowest BCUT2D eigenvalue weighted by atomic mass is 9.98. The Bertz CT molecular complexity index is 390. The maximum atomic E-state index is 12.0. The molecule has 20 heavy (non-hydrogen) atoms. The average Bonchev–Trinajstić information content (AvgIpc) is 2.50. The van der Waals surface area contributed by atoms with Gasteiger partial charge in [-0.15, -0.1) is 0 Å². The number of rotatable bonds is 9. The average molecular weight is 278 g/mol. The van der Waals surface area contributed by atoms with Gasteiger partial charge in [0.2, 0.25) is 5.91 Å². The number of ether oxygens (including phenoxy) is 1. The lowest BCUT2D eigenvalue weighted by Gasteiger charge is -2.13. The van der Waals surface area contributed by atoms with E-state index in [1.54, 1.807) is 7.11 Å². The zero-order chi connectivity index (χ0) is 14.8. The summed E-state index contributed by atoms with van der Waals surface area (Å²) in [5.74, 6) is -0.0392. The number of aryl methyl sites for hydroxylation is 1. The fraction of sp³-hybridized carbons (Fsp3) is 0.562. The van der Waals surface area contributed by atoms with Crippen molar-refractivity contribution in [3.05, 3.63) is 35.4 Å². The van der Waals surface area contributed by atoms with E-state index in [2.05, 4.69) is 29.7 Å². The Kier molecular flexibility index (Phi) is 7.92. The van der Waals surface area contributed by atoms with E-state index in [1.807, 2.05) is 19.1 Å². The number of carbonyl (C=O) groups excluding carboxylic acids is 1. The van der Waals surface area contributed by atoms with E-state index in [9.17, 15) is 4.79 Å². The van der Waals surface area contributed by atoms with Crippen LogP contribution in [0.25, 0.3) is 0 Å². The predicted molar refractivity (Wildman–Crippen MR) is 82.0 cm³/mol. The number of amides is 1. The third kappa shape index (κ3) is 5.72. The third-order valence-corrected chi connectivity index (χ3v) is 3.37. The smallest absolute Gasteiger partial charge is 0.227 e. The number of carbonyl (C=O) groups is 1. The van der Waals surface area contributed by atoms with Gasteiger partial charge in [0.1, 0.15) is 0 Å². The van der Waals surface area contributed by atoms with Crippen molar-refractivity contribution in [3.8, 4) is 0 Å². The number of methoxy groups -OCH3 is 1. The Hall–Kier alpha value is -1.39. The second kappa shape index (κ2) is 9.50. The lowest BCUT2D eigenvalue weighted by Crippen LogP contribution is -2.35. The van der Waals surface area contributed by atoms with Crippen molar-refractivity contribution in [1.82, 2.24) is 10.6 Å². The number of benzene rings is 1. The van der Waals surface area contributed by atoms with Crippen molar-refractivity contribution < 1.29 is 9.53 Å². The van der Waals surface area contributed by atoms with Crippen LogP contribution in [0.15, 0.2) is 24.3 Å². The Morgan fingerprint density at radius 2 is 1.90 bits per heavy atom. The first-order valence-corrected chi connectivity index (χ1v) is 7.25. The van der Waals surface area contributed by atoms with Gasteiger partial charge in [-0.05, 0) is 24.5 Å².